The van der Waals surface area contributed by atoms with Crippen molar-refractivity contribution in [1.82, 2.24) is 10.2 Å². The fraction of sp³-hybridized carbons (Fsp3) is 0.800. The molecular formula is C10H17F3N2O4. The molecule has 9 heteroatoms. The number of carboxylic acid groups (broad SMARTS) is 1. The summed E-state index contributed by atoms with van der Waals surface area (Å²) in [4.78, 5) is 23.3. The Bertz CT molecular complexity index is 346. The lowest BCUT2D eigenvalue weighted by Gasteiger charge is -2.33. The zero-order valence-corrected chi connectivity index (χ0v) is 10.8. The summed E-state index contributed by atoms with van der Waals surface area (Å²) in [6.07, 6.45) is -5.14. The van der Waals surface area contributed by atoms with E-state index in [9.17, 15) is 22.8 Å². The van der Waals surface area contributed by atoms with Gasteiger partial charge in [0.15, 0.2) is 0 Å². The van der Waals surface area contributed by atoms with Gasteiger partial charge in [0.05, 0.1) is 6.61 Å². The summed E-state index contributed by atoms with van der Waals surface area (Å²) in [5.41, 5.74) is -3.38. The van der Waals surface area contributed by atoms with Crippen LogP contribution in [0.1, 0.15) is 20.8 Å². The fourth-order valence-electron chi connectivity index (χ4n) is 1.23. The van der Waals surface area contributed by atoms with Crippen molar-refractivity contribution >= 4 is 12.0 Å². The molecule has 0 aromatic carbocycles. The minimum Gasteiger partial charge on any atom is -0.479 e. The highest BCUT2D eigenvalue weighted by Gasteiger charge is 2.58. The number of aliphatic hydroxyl groups excluding tert-OH is 1. The molecule has 0 fully saturated rings. The molecule has 1 unspecified atom stereocenters. The number of hydrogen-bond acceptors (Lipinski definition) is 3. The van der Waals surface area contributed by atoms with E-state index in [0.29, 0.717) is 6.92 Å². The van der Waals surface area contributed by atoms with Gasteiger partial charge in [-0.3, -0.25) is 0 Å². The van der Waals surface area contributed by atoms with Crippen LogP contribution in [0, 0.1) is 0 Å². The molecule has 0 radical (unpaired) electrons. The van der Waals surface area contributed by atoms with E-state index >= 15 is 0 Å². The number of nitrogens with zero attached hydrogens (tertiary/aromatic N) is 1. The third kappa shape index (κ3) is 3.98. The Morgan fingerprint density at radius 2 is 1.79 bits per heavy atom. The van der Waals surface area contributed by atoms with Crippen molar-refractivity contribution in [2.45, 2.75) is 38.5 Å². The topological polar surface area (TPSA) is 89.9 Å². The van der Waals surface area contributed by atoms with E-state index in [4.69, 9.17) is 10.2 Å². The highest BCUT2D eigenvalue weighted by molar-refractivity contribution is 5.86. The van der Waals surface area contributed by atoms with Gasteiger partial charge < -0.3 is 20.4 Å². The number of halogens is 3. The molecule has 0 aliphatic carbocycles. The average Bonchev–Trinajstić information content (AvgIpc) is 2.22. The van der Waals surface area contributed by atoms with Gasteiger partial charge in [0, 0.05) is 12.6 Å². The number of carbonyl (C=O) groups excluding carboxylic acids is 1. The predicted molar refractivity (Wildman–Crippen MR) is 59.6 cm³/mol. The Kier molecular flexibility index (Phi) is 5.61. The summed E-state index contributed by atoms with van der Waals surface area (Å²) in [7, 11) is 0. The number of alkyl halides is 3. The quantitative estimate of drug-likeness (QED) is 0.697. The highest BCUT2D eigenvalue weighted by atomic mass is 19.4. The van der Waals surface area contributed by atoms with E-state index in [1.165, 1.54) is 19.2 Å². The molecule has 0 aromatic rings. The van der Waals surface area contributed by atoms with Crippen LogP contribution in [0.5, 0.6) is 0 Å². The van der Waals surface area contributed by atoms with Gasteiger partial charge in [-0.2, -0.15) is 13.2 Å². The van der Waals surface area contributed by atoms with E-state index in [1.54, 1.807) is 0 Å². The van der Waals surface area contributed by atoms with Crippen LogP contribution in [0.3, 0.4) is 0 Å². The molecule has 0 aromatic heterocycles. The summed E-state index contributed by atoms with van der Waals surface area (Å²) in [5, 5.41) is 18.9. The largest absolute Gasteiger partial charge is 0.479 e. The van der Waals surface area contributed by atoms with Crippen molar-refractivity contribution in [2.24, 2.45) is 0 Å². The monoisotopic (exact) mass is 286 g/mol. The maximum Gasteiger partial charge on any atom is 0.422 e. The Labute approximate surface area is 108 Å². The van der Waals surface area contributed by atoms with Crippen LogP contribution in [0.15, 0.2) is 0 Å². The third-order valence-corrected chi connectivity index (χ3v) is 2.58. The van der Waals surface area contributed by atoms with Crippen molar-refractivity contribution in [1.29, 1.82) is 0 Å². The lowest BCUT2D eigenvalue weighted by atomic mass is 10.0. The third-order valence-electron chi connectivity index (χ3n) is 2.58. The zero-order chi connectivity index (χ0) is 15.4. The molecule has 0 aliphatic heterocycles. The molecule has 0 bridgehead atoms. The van der Waals surface area contributed by atoms with Gasteiger partial charge in [-0.25, -0.2) is 9.59 Å². The highest BCUT2D eigenvalue weighted by Crippen LogP contribution is 2.30. The molecule has 0 saturated heterocycles. The van der Waals surface area contributed by atoms with Gasteiger partial charge in [0.2, 0.25) is 5.54 Å². The Morgan fingerprint density at radius 1 is 1.32 bits per heavy atom. The molecule has 0 aliphatic rings. The smallest absolute Gasteiger partial charge is 0.422 e. The van der Waals surface area contributed by atoms with Crippen LogP contribution in [-0.4, -0.2) is 58.0 Å². The first-order valence-corrected chi connectivity index (χ1v) is 5.47. The lowest BCUT2D eigenvalue weighted by molar-refractivity contribution is -0.203. The number of aliphatic hydroxyl groups is 1. The van der Waals surface area contributed by atoms with E-state index in [-0.39, 0.29) is 6.54 Å². The van der Waals surface area contributed by atoms with Gasteiger partial charge in [0.1, 0.15) is 0 Å². The first kappa shape index (κ1) is 17.5. The minimum atomic E-state index is -5.14. The van der Waals surface area contributed by atoms with Crippen LogP contribution >= 0.6 is 0 Å². The fourth-order valence-corrected chi connectivity index (χ4v) is 1.23. The zero-order valence-electron chi connectivity index (χ0n) is 10.8. The number of hydrogen-bond donors (Lipinski definition) is 3. The molecule has 0 saturated carbocycles. The normalized spacial score (nSPS) is 14.9. The van der Waals surface area contributed by atoms with Crippen molar-refractivity contribution in [3.05, 3.63) is 0 Å². The summed E-state index contributed by atoms with van der Waals surface area (Å²) >= 11 is 0. The molecule has 0 spiro atoms. The number of urea groups is 1. The van der Waals surface area contributed by atoms with Gasteiger partial charge in [0.25, 0.3) is 0 Å². The van der Waals surface area contributed by atoms with Crippen molar-refractivity contribution in [2.75, 3.05) is 13.2 Å². The predicted octanol–water partition coefficient (Wildman–Crippen LogP) is 0.804. The molecular weight excluding hydrogens is 269 g/mol. The molecule has 1 atom stereocenters. The molecule has 3 N–H and O–H groups in total. The number of nitrogens with one attached hydrogen (secondary N) is 1. The summed E-state index contributed by atoms with van der Waals surface area (Å²) in [6.45, 7) is 2.78. The van der Waals surface area contributed by atoms with Gasteiger partial charge >= 0.3 is 18.2 Å². The molecule has 0 rings (SSSR count). The summed E-state index contributed by atoms with van der Waals surface area (Å²) < 4.78 is 38.1. The maximum atomic E-state index is 12.7. The second-order valence-electron chi connectivity index (χ2n) is 4.37. The molecule has 2 amide bonds. The number of amides is 2. The van der Waals surface area contributed by atoms with Gasteiger partial charge in [-0.05, 0) is 20.8 Å². The molecule has 19 heavy (non-hydrogen) atoms. The Balaban J connectivity index is 5.16. The van der Waals surface area contributed by atoms with E-state index < -0.39 is 36.4 Å². The summed E-state index contributed by atoms with van der Waals surface area (Å²) in [5.74, 6) is -2.21. The number of carbonyl (C=O) groups is 2. The SMILES string of the molecule is CC(C)N(CCO)C(=O)NC(C)(C(=O)O)C(F)(F)F. The second kappa shape index (κ2) is 6.09. The summed E-state index contributed by atoms with van der Waals surface area (Å²) in [6, 6.07) is -1.69. The van der Waals surface area contributed by atoms with Crippen LogP contribution in [0.4, 0.5) is 18.0 Å². The maximum absolute atomic E-state index is 12.7. The first-order chi connectivity index (χ1) is 8.47. The second-order valence-corrected chi connectivity index (χ2v) is 4.37. The number of rotatable bonds is 5. The van der Waals surface area contributed by atoms with Crippen molar-refractivity contribution in [3.8, 4) is 0 Å². The standard InChI is InChI=1S/C10H17F3N2O4/c1-6(2)15(4-5-16)8(19)14-9(3,7(17)18)10(11,12)13/h6,16H,4-5H2,1-3H3,(H,14,19)(H,17,18). The molecule has 6 nitrogen and oxygen atoms in total. The van der Waals surface area contributed by atoms with Crippen LogP contribution in [0.2, 0.25) is 0 Å². The van der Waals surface area contributed by atoms with Gasteiger partial charge in [-0.15, -0.1) is 0 Å². The van der Waals surface area contributed by atoms with E-state index in [0.717, 1.165) is 4.90 Å². The van der Waals surface area contributed by atoms with Crippen molar-refractivity contribution < 1.29 is 33.0 Å². The van der Waals surface area contributed by atoms with Crippen LogP contribution < -0.4 is 5.32 Å². The van der Waals surface area contributed by atoms with Crippen LogP contribution in [-0.2, 0) is 4.79 Å². The van der Waals surface area contributed by atoms with E-state index in [2.05, 4.69) is 0 Å². The van der Waals surface area contributed by atoms with Crippen molar-refractivity contribution in [3.63, 3.8) is 0 Å². The average molecular weight is 286 g/mol. The molecule has 0 heterocycles. The minimum absolute atomic E-state index is 0.197. The molecule has 112 valence electrons. The lowest BCUT2D eigenvalue weighted by Crippen LogP contribution is -2.64. The first-order valence-electron chi connectivity index (χ1n) is 5.47. The number of aliphatic carboxylic acids is 1. The Morgan fingerprint density at radius 3 is 2.05 bits per heavy atom. The van der Waals surface area contributed by atoms with Gasteiger partial charge in [-0.1, -0.05) is 0 Å². The number of carboxylic acids is 1. The Hall–Kier alpha value is -1.51. The van der Waals surface area contributed by atoms with Crippen LogP contribution in [0.25, 0.3) is 0 Å². The van der Waals surface area contributed by atoms with E-state index in [1.807, 2.05) is 0 Å².